The number of carbonyl (C=O) groups excluding carboxylic acids is 1. The smallest absolute Gasteiger partial charge is 0.227 e. The SMILES string of the molecule is N#C[C@@H]1[C@@H](c2ccc(-c3ccccc3F)cc2)[C@H](CO)N1C(=O)C1CCC1. The molecule has 3 atom stereocenters. The number of nitriles is 1. The van der Waals surface area contributed by atoms with E-state index in [1.807, 2.05) is 24.3 Å². The third-order valence-corrected chi connectivity index (χ3v) is 5.92. The highest BCUT2D eigenvalue weighted by Gasteiger charge is 2.53. The third-order valence-electron chi connectivity index (χ3n) is 5.92. The lowest BCUT2D eigenvalue weighted by molar-refractivity contribution is -0.154. The molecule has 0 aromatic heterocycles. The Morgan fingerprint density at radius 3 is 2.44 bits per heavy atom. The van der Waals surface area contributed by atoms with Gasteiger partial charge in [-0.1, -0.05) is 48.9 Å². The maximum Gasteiger partial charge on any atom is 0.227 e. The molecule has 1 amide bonds. The van der Waals surface area contributed by atoms with E-state index in [9.17, 15) is 19.6 Å². The highest BCUT2D eigenvalue weighted by molar-refractivity contribution is 5.82. The van der Waals surface area contributed by atoms with Crippen molar-refractivity contribution < 1.29 is 14.3 Å². The van der Waals surface area contributed by atoms with Crippen LogP contribution in [0.1, 0.15) is 30.7 Å². The fraction of sp³-hybridized carbons (Fsp3) is 0.364. The minimum absolute atomic E-state index is 0.000665. The summed E-state index contributed by atoms with van der Waals surface area (Å²) in [5, 5.41) is 19.5. The Morgan fingerprint density at radius 1 is 1.19 bits per heavy atom. The molecule has 5 heteroatoms. The minimum atomic E-state index is -0.561. The van der Waals surface area contributed by atoms with Crippen molar-refractivity contribution in [2.24, 2.45) is 5.92 Å². The van der Waals surface area contributed by atoms with Gasteiger partial charge in [-0.2, -0.15) is 5.26 Å². The first kappa shape index (κ1) is 17.7. The van der Waals surface area contributed by atoms with E-state index in [1.54, 1.807) is 23.1 Å². The van der Waals surface area contributed by atoms with E-state index in [1.165, 1.54) is 6.07 Å². The van der Waals surface area contributed by atoms with Gasteiger partial charge in [0.2, 0.25) is 5.91 Å². The van der Waals surface area contributed by atoms with Crippen molar-refractivity contribution in [3.63, 3.8) is 0 Å². The molecule has 1 aliphatic carbocycles. The number of aliphatic hydroxyl groups excluding tert-OH is 1. The van der Waals surface area contributed by atoms with E-state index in [0.717, 1.165) is 30.4 Å². The molecule has 0 unspecified atom stereocenters. The first-order chi connectivity index (χ1) is 13.2. The van der Waals surface area contributed by atoms with Crippen molar-refractivity contribution in [3.05, 3.63) is 59.9 Å². The lowest BCUT2D eigenvalue weighted by Crippen LogP contribution is -2.66. The van der Waals surface area contributed by atoms with Gasteiger partial charge in [-0.25, -0.2) is 4.39 Å². The summed E-state index contributed by atoms with van der Waals surface area (Å²) >= 11 is 0. The van der Waals surface area contributed by atoms with Crippen LogP contribution in [0, 0.1) is 23.1 Å². The van der Waals surface area contributed by atoms with Gasteiger partial charge in [0.25, 0.3) is 0 Å². The molecule has 0 spiro atoms. The molecule has 2 fully saturated rings. The number of aliphatic hydroxyl groups is 1. The first-order valence-electron chi connectivity index (χ1n) is 9.33. The first-order valence-corrected chi connectivity index (χ1v) is 9.33. The van der Waals surface area contributed by atoms with Gasteiger partial charge in [0, 0.05) is 17.4 Å². The van der Waals surface area contributed by atoms with Crippen LogP contribution < -0.4 is 0 Å². The van der Waals surface area contributed by atoms with Crippen molar-refractivity contribution >= 4 is 5.91 Å². The molecule has 4 rings (SSSR count). The predicted octanol–water partition coefficient (Wildman–Crippen LogP) is 3.47. The van der Waals surface area contributed by atoms with Crippen LogP contribution >= 0.6 is 0 Å². The highest BCUT2D eigenvalue weighted by atomic mass is 19.1. The number of hydrogen-bond acceptors (Lipinski definition) is 3. The number of benzene rings is 2. The second-order valence-electron chi connectivity index (χ2n) is 7.32. The van der Waals surface area contributed by atoms with E-state index in [0.29, 0.717) is 5.56 Å². The van der Waals surface area contributed by atoms with Gasteiger partial charge >= 0.3 is 0 Å². The normalized spacial score (nSPS) is 24.6. The Bertz CT molecular complexity index is 886. The van der Waals surface area contributed by atoms with Crippen molar-refractivity contribution in [2.75, 3.05) is 6.61 Å². The summed E-state index contributed by atoms with van der Waals surface area (Å²) in [6, 6.07) is 15.3. The second kappa shape index (κ2) is 7.13. The molecule has 2 aromatic rings. The van der Waals surface area contributed by atoms with Crippen LogP contribution in [-0.2, 0) is 4.79 Å². The second-order valence-corrected chi connectivity index (χ2v) is 7.32. The average molecular weight is 364 g/mol. The molecule has 138 valence electrons. The molecule has 0 bridgehead atoms. The molecule has 1 saturated carbocycles. The Hall–Kier alpha value is -2.71. The topological polar surface area (TPSA) is 64.3 Å². The lowest BCUT2D eigenvalue weighted by atomic mass is 9.73. The zero-order chi connectivity index (χ0) is 19.0. The fourth-order valence-electron chi connectivity index (χ4n) is 4.16. The largest absolute Gasteiger partial charge is 0.394 e. The number of likely N-dealkylation sites (tertiary alicyclic amines) is 1. The average Bonchev–Trinajstić information content (AvgIpc) is 2.61. The summed E-state index contributed by atoms with van der Waals surface area (Å²) in [4.78, 5) is 14.2. The summed E-state index contributed by atoms with van der Waals surface area (Å²) in [7, 11) is 0. The van der Waals surface area contributed by atoms with Gasteiger partial charge in [0.15, 0.2) is 0 Å². The lowest BCUT2D eigenvalue weighted by Gasteiger charge is -2.53. The molecule has 27 heavy (non-hydrogen) atoms. The van der Waals surface area contributed by atoms with Crippen molar-refractivity contribution in [2.45, 2.75) is 37.3 Å². The van der Waals surface area contributed by atoms with E-state index in [2.05, 4.69) is 6.07 Å². The summed E-state index contributed by atoms with van der Waals surface area (Å²) in [6.07, 6.45) is 2.79. The van der Waals surface area contributed by atoms with Gasteiger partial charge in [-0.15, -0.1) is 0 Å². The van der Waals surface area contributed by atoms with E-state index < -0.39 is 6.04 Å². The fourth-order valence-corrected chi connectivity index (χ4v) is 4.16. The molecule has 1 aliphatic heterocycles. The standard InChI is InChI=1S/C22H21FN2O2/c23-18-7-2-1-6-17(18)14-8-10-15(11-9-14)21-19(12-24)25(20(21)13-26)22(27)16-4-3-5-16/h1-2,6-11,16,19-21,26H,3-5,13H2/t19-,20+,21-/m1/s1. The van der Waals surface area contributed by atoms with E-state index in [-0.39, 0.29) is 36.2 Å². The molecule has 1 heterocycles. The molecule has 2 aliphatic rings. The van der Waals surface area contributed by atoms with Gasteiger partial charge < -0.3 is 10.0 Å². The highest BCUT2D eigenvalue weighted by Crippen LogP contribution is 2.43. The van der Waals surface area contributed by atoms with Crippen molar-refractivity contribution in [1.29, 1.82) is 5.26 Å². The Balaban J connectivity index is 1.58. The Labute approximate surface area is 157 Å². The summed E-state index contributed by atoms with van der Waals surface area (Å²) in [5.41, 5.74) is 2.17. The maximum atomic E-state index is 14.0. The van der Waals surface area contributed by atoms with Crippen LogP contribution in [-0.4, -0.2) is 34.6 Å². The summed E-state index contributed by atoms with van der Waals surface area (Å²) in [5.74, 6) is -0.515. The number of nitrogens with zero attached hydrogens (tertiary/aromatic N) is 2. The van der Waals surface area contributed by atoms with Crippen LogP contribution in [0.3, 0.4) is 0 Å². The Morgan fingerprint density at radius 2 is 1.89 bits per heavy atom. The van der Waals surface area contributed by atoms with Crippen molar-refractivity contribution in [1.82, 2.24) is 4.90 Å². The molecule has 1 saturated heterocycles. The van der Waals surface area contributed by atoms with Crippen LogP contribution in [0.4, 0.5) is 4.39 Å². The number of halogens is 1. The zero-order valence-electron chi connectivity index (χ0n) is 14.9. The van der Waals surface area contributed by atoms with E-state index in [4.69, 9.17) is 0 Å². The molecular weight excluding hydrogens is 343 g/mol. The quantitative estimate of drug-likeness (QED) is 0.903. The third kappa shape index (κ3) is 2.90. The zero-order valence-corrected chi connectivity index (χ0v) is 14.9. The number of amides is 1. The molecule has 2 aromatic carbocycles. The van der Waals surface area contributed by atoms with E-state index >= 15 is 0 Å². The van der Waals surface area contributed by atoms with Gasteiger partial charge in [0.1, 0.15) is 11.9 Å². The molecule has 4 nitrogen and oxygen atoms in total. The molecule has 1 N–H and O–H groups in total. The molecular formula is C22H21FN2O2. The number of carbonyl (C=O) groups is 1. The Kier molecular flexibility index (Phi) is 4.67. The van der Waals surface area contributed by atoms with Crippen molar-refractivity contribution in [3.8, 4) is 17.2 Å². The summed E-state index contributed by atoms with van der Waals surface area (Å²) in [6.45, 7) is -0.170. The monoisotopic (exact) mass is 364 g/mol. The summed E-state index contributed by atoms with van der Waals surface area (Å²) < 4.78 is 14.0. The number of rotatable bonds is 4. The van der Waals surface area contributed by atoms with Crippen LogP contribution in [0.25, 0.3) is 11.1 Å². The van der Waals surface area contributed by atoms with Gasteiger partial charge in [-0.05, 0) is 30.0 Å². The minimum Gasteiger partial charge on any atom is -0.394 e. The van der Waals surface area contributed by atoms with Gasteiger partial charge in [-0.3, -0.25) is 4.79 Å². The van der Waals surface area contributed by atoms with Gasteiger partial charge in [0.05, 0.1) is 18.7 Å². The van der Waals surface area contributed by atoms with Crippen LogP contribution in [0.5, 0.6) is 0 Å². The van der Waals surface area contributed by atoms with Crippen LogP contribution in [0.2, 0.25) is 0 Å². The maximum absolute atomic E-state index is 14.0. The predicted molar refractivity (Wildman–Crippen MR) is 99.0 cm³/mol. The molecule has 0 radical (unpaired) electrons. The van der Waals surface area contributed by atoms with Crippen LogP contribution in [0.15, 0.2) is 48.5 Å². The number of hydrogen-bond donors (Lipinski definition) is 1.